The van der Waals surface area contributed by atoms with Gasteiger partial charge in [0, 0.05) is 6.04 Å². The summed E-state index contributed by atoms with van der Waals surface area (Å²) in [4.78, 5) is 65.1. The van der Waals surface area contributed by atoms with Crippen LogP contribution in [0.25, 0.3) is 0 Å². The largest absolute Gasteiger partial charge is 0.460 e. The first-order valence-corrected chi connectivity index (χ1v) is 12.2. The first-order chi connectivity index (χ1) is 15.6. The van der Waals surface area contributed by atoms with Crippen molar-refractivity contribution in [3.63, 3.8) is 0 Å². The van der Waals surface area contributed by atoms with E-state index in [-0.39, 0.29) is 30.7 Å². The summed E-state index contributed by atoms with van der Waals surface area (Å²) in [6.07, 6.45) is 3.08. The van der Waals surface area contributed by atoms with Gasteiger partial charge >= 0.3 is 5.97 Å². The Morgan fingerprint density at radius 1 is 1.06 bits per heavy atom. The van der Waals surface area contributed by atoms with E-state index in [0.717, 1.165) is 12.8 Å². The Kier molecular flexibility index (Phi) is 8.53. The lowest BCUT2D eigenvalue weighted by molar-refractivity contribution is -0.162. The van der Waals surface area contributed by atoms with Gasteiger partial charge in [0.2, 0.25) is 17.6 Å². The fourth-order valence-electron chi connectivity index (χ4n) is 5.12. The molecule has 9 heteroatoms. The zero-order chi connectivity index (χ0) is 26.0. The molecular weight excluding hydrogens is 438 g/mol. The minimum Gasteiger partial charge on any atom is -0.460 e. The average molecular weight is 480 g/mol. The number of ketones is 1. The molecule has 2 rings (SSSR count). The maximum atomic E-state index is 13.8. The number of rotatable bonds is 9. The Bertz CT molecular complexity index is 825. The van der Waals surface area contributed by atoms with Crippen molar-refractivity contribution in [2.45, 2.75) is 111 Å². The van der Waals surface area contributed by atoms with E-state index in [1.807, 2.05) is 27.7 Å². The van der Waals surface area contributed by atoms with E-state index in [4.69, 9.17) is 10.5 Å². The number of hydrogen-bond acceptors (Lipinski definition) is 6. The highest BCUT2D eigenvalue weighted by Crippen LogP contribution is 2.45. The summed E-state index contributed by atoms with van der Waals surface area (Å²) < 4.78 is 5.47. The van der Waals surface area contributed by atoms with Crippen molar-refractivity contribution in [3.8, 4) is 0 Å². The molecule has 1 aliphatic carbocycles. The fraction of sp³-hybridized carbons (Fsp3) is 0.800. The van der Waals surface area contributed by atoms with Crippen LogP contribution in [0, 0.1) is 17.3 Å². The molecule has 0 aromatic heterocycles. The number of ether oxygens (including phenoxy) is 1. The zero-order valence-corrected chi connectivity index (χ0v) is 21.6. The van der Waals surface area contributed by atoms with Crippen LogP contribution in [0.3, 0.4) is 0 Å². The van der Waals surface area contributed by atoms with Gasteiger partial charge in [0.1, 0.15) is 11.6 Å². The lowest BCUT2D eigenvalue weighted by Crippen LogP contribution is -2.58. The monoisotopic (exact) mass is 479 g/mol. The van der Waals surface area contributed by atoms with E-state index < -0.39 is 52.6 Å². The first-order valence-electron chi connectivity index (χ1n) is 12.2. The second-order valence-corrected chi connectivity index (χ2v) is 11.7. The van der Waals surface area contributed by atoms with Crippen LogP contribution in [0.15, 0.2) is 0 Å². The summed E-state index contributed by atoms with van der Waals surface area (Å²) >= 11 is 0. The molecule has 1 aliphatic heterocycles. The number of amides is 3. The quantitative estimate of drug-likeness (QED) is 0.384. The van der Waals surface area contributed by atoms with Crippen molar-refractivity contribution in [3.05, 3.63) is 0 Å². The van der Waals surface area contributed by atoms with Gasteiger partial charge in [-0.2, -0.15) is 0 Å². The Morgan fingerprint density at radius 2 is 1.68 bits per heavy atom. The summed E-state index contributed by atoms with van der Waals surface area (Å²) in [6, 6.07) is -1.84. The van der Waals surface area contributed by atoms with Gasteiger partial charge < -0.3 is 20.7 Å². The number of hydrogen-bond donors (Lipinski definition) is 2. The van der Waals surface area contributed by atoms with E-state index in [1.165, 1.54) is 0 Å². The molecule has 5 atom stereocenters. The number of Topliss-reactive ketones (excluding diaryl/α,β-unsaturated/α-hetero) is 1. The Balaban J connectivity index is 2.28. The second kappa shape index (κ2) is 10.4. The van der Waals surface area contributed by atoms with Crippen LogP contribution in [0.4, 0.5) is 0 Å². The van der Waals surface area contributed by atoms with Gasteiger partial charge in [-0.25, -0.2) is 0 Å². The van der Waals surface area contributed by atoms with Crippen molar-refractivity contribution in [2.24, 2.45) is 23.0 Å². The molecule has 0 aromatic carbocycles. The number of nitrogens with zero attached hydrogens (tertiary/aromatic N) is 1. The molecule has 1 saturated carbocycles. The van der Waals surface area contributed by atoms with Gasteiger partial charge in [-0.3, -0.25) is 24.0 Å². The van der Waals surface area contributed by atoms with Gasteiger partial charge in [-0.05, 0) is 57.8 Å². The highest BCUT2D eigenvalue weighted by Gasteiger charge is 2.54. The maximum absolute atomic E-state index is 13.8. The van der Waals surface area contributed by atoms with Crippen LogP contribution in [-0.2, 0) is 28.7 Å². The molecule has 2 fully saturated rings. The summed E-state index contributed by atoms with van der Waals surface area (Å²) in [5.41, 5.74) is 3.96. The van der Waals surface area contributed by atoms with E-state index in [1.54, 1.807) is 25.7 Å². The van der Waals surface area contributed by atoms with Gasteiger partial charge in [0.05, 0.1) is 18.4 Å². The molecule has 9 nitrogen and oxygen atoms in total. The van der Waals surface area contributed by atoms with Gasteiger partial charge in [0.15, 0.2) is 0 Å². The number of esters is 1. The van der Waals surface area contributed by atoms with Crippen molar-refractivity contribution in [1.82, 2.24) is 10.2 Å². The molecule has 3 unspecified atom stereocenters. The highest BCUT2D eigenvalue weighted by atomic mass is 16.6. The molecular formula is C25H41N3O6. The Hall–Kier alpha value is -2.45. The number of nitrogens with two attached hydrogens (primary N) is 1. The van der Waals surface area contributed by atoms with E-state index in [9.17, 15) is 24.0 Å². The van der Waals surface area contributed by atoms with Gasteiger partial charge in [-0.15, -0.1) is 0 Å². The Labute approximate surface area is 202 Å². The normalized spacial score (nSPS) is 23.9. The van der Waals surface area contributed by atoms with Crippen LogP contribution in [0.1, 0.15) is 87.0 Å². The fourth-order valence-corrected chi connectivity index (χ4v) is 5.12. The molecule has 1 saturated heterocycles. The summed E-state index contributed by atoms with van der Waals surface area (Å²) in [7, 11) is 0. The van der Waals surface area contributed by atoms with Crippen molar-refractivity contribution < 1.29 is 28.7 Å². The van der Waals surface area contributed by atoms with Crippen LogP contribution in [-0.4, -0.2) is 58.1 Å². The number of primary amides is 1. The summed E-state index contributed by atoms with van der Waals surface area (Å²) in [5, 5.41) is 2.69. The van der Waals surface area contributed by atoms with Crippen LogP contribution >= 0.6 is 0 Å². The number of piperidine rings is 1. The standard InChI is InChI=1S/C25H41N3O6/c1-8-9-17(20(30)21(26)31)27-22(32)19-14-10-11-15(12-14)28(19)23(33)16(24(2,3)4)13-18(29)34-25(5,6)7/h14-17,19H,8-13H2,1-7H3,(H2,26,31)(H,27,32)/t14?,15?,16-,17?,19+/m1/s1. The molecule has 0 spiro atoms. The zero-order valence-electron chi connectivity index (χ0n) is 21.6. The third-order valence-corrected chi connectivity index (χ3v) is 6.70. The van der Waals surface area contributed by atoms with E-state index >= 15 is 0 Å². The minimum atomic E-state index is -1.09. The number of nitrogens with one attached hydrogen (secondary N) is 1. The lowest BCUT2D eigenvalue weighted by Gasteiger charge is -2.40. The molecule has 2 aliphatic rings. The van der Waals surface area contributed by atoms with Crippen molar-refractivity contribution >= 4 is 29.5 Å². The van der Waals surface area contributed by atoms with Crippen molar-refractivity contribution in [1.29, 1.82) is 0 Å². The maximum Gasteiger partial charge on any atom is 0.307 e. The molecule has 0 aromatic rings. The third kappa shape index (κ3) is 6.57. The minimum absolute atomic E-state index is 0.0259. The molecule has 3 amide bonds. The lowest BCUT2D eigenvalue weighted by atomic mass is 9.77. The summed E-state index contributed by atoms with van der Waals surface area (Å²) in [5.74, 6) is -3.78. The van der Waals surface area contributed by atoms with E-state index in [0.29, 0.717) is 12.8 Å². The second-order valence-electron chi connectivity index (χ2n) is 11.7. The first kappa shape index (κ1) is 27.8. The molecule has 2 bridgehead atoms. The predicted octanol–water partition coefficient (Wildman–Crippen LogP) is 2.10. The van der Waals surface area contributed by atoms with Gasteiger partial charge in [-0.1, -0.05) is 34.1 Å². The number of carbonyl (C=O) groups is 5. The van der Waals surface area contributed by atoms with Crippen LogP contribution in [0.5, 0.6) is 0 Å². The van der Waals surface area contributed by atoms with Gasteiger partial charge in [0.25, 0.3) is 5.91 Å². The average Bonchev–Trinajstić information content (AvgIpc) is 3.30. The topological polar surface area (TPSA) is 136 Å². The smallest absolute Gasteiger partial charge is 0.307 e. The molecule has 0 radical (unpaired) electrons. The number of likely N-dealkylation sites (tertiary alicyclic amines) is 1. The number of fused-ring (bicyclic) bond motifs is 2. The third-order valence-electron chi connectivity index (χ3n) is 6.70. The Morgan fingerprint density at radius 3 is 2.18 bits per heavy atom. The SMILES string of the molecule is CCCC(NC(=O)[C@@H]1C2CCC(C2)N1C(=O)[C@@H](CC(=O)OC(C)(C)C)C(C)(C)C)C(=O)C(N)=O. The van der Waals surface area contributed by atoms with E-state index in [2.05, 4.69) is 5.32 Å². The molecule has 34 heavy (non-hydrogen) atoms. The highest BCUT2D eigenvalue weighted by molar-refractivity contribution is 6.37. The predicted molar refractivity (Wildman–Crippen MR) is 126 cm³/mol. The molecule has 192 valence electrons. The van der Waals surface area contributed by atoms with Crippen molar-refractivity contribution in [2.75, 3.05) is 0 Å². The number of carbonyl (C=O) groups excluding carboxylic acids is 5. The molecule has 1 heterocycles. The molecule has 3 N–H and O–H groups in total. The van der Waals surface area contributed by atoms with Crippen LogP contribution < -0.4 is 11.1 Å². The summed E-state index contributed by atoms with van der Waals surface area (Å²) in [6.45, 7) is 12.9. The van der Waals surface area contributed by atoms with Crippen LogP contribution in [0.2, 0.25) is 0 Å².